The lowest BCUT2D eigenvalue weighted by atomic mass is 9.78. The summed E-state index contributed by atoms with van der Waals surface area (Å²) in [6.07, 6.45) is 9.89. The number of amides is 1. The van der Waals surface area contributed by atoms with Gasteiger partial charge in [0, 0.05) is 24.2 Å². The van der Waals surface area contributed by atoms with E-state index in [0.29, 0.717) is 17.5 Å². The Morgan fingerprint density at radius 1 is 1.23 bits per heavy atom. The molecule has 142 valence electrons. The topological polar surface area (TPSA) is 38.8 Å². The highest BCUT2D eigenvalue weighted by Gasteiger charge is 2.34. The maximum absolute atomic E-state index is 12.7. The molecule has 6 heteroatoms. The largest absolute Gasteiger partial charge is 0.493 e. The molecule has 2 aliphatic rings. The molecule has 2 atom stereocenters. The first-order valence-electron chi connectivity index (χ1n) is 9.20. The third kappa shape index (κ3) is 4.17. The smallest absolute Gasteiger partial charge is 0.387 e. The van der Waals surface area contributed by atoms with E-state index in [1.54, 1.807) is 18.2 Å². The Bertz CT molecular complexity index is 660. The van der Waals surface area contributed by atoms with Crippen molar-refractivity contribution in [2.75, 3.05) is 13.7 Å². The van der Waals surface area contributed by atoms with Crippen LogP contribution in [0.3, 0.4) is 0 Å². The molecule has 0 bridgehead atoms. The minimum Gasteiger partial charge on any atom is -0.493 e. The minimum absolute atomic E-state index is 0.0526. The van der Waals surface area contributed by atoms with Crippen molar-refractivity contribution in [3.8, 4) is 11.5 Å². The number of halogens is 2. The molecule has 0 radical (unpaired) electrons. The number of likely N-dealkylation sites (tertiary alicyclic amines) is 1. The van der Waals surface area contributed by atoms with Gasteiger partial charge in [0.25, 0.3) is 0 Å². The summed E-state index contributed by atoms with van der Waals surface area (Å²) in [6, 6.07) is 5.17. The van der Waals surface area contributed by atoms with Gasteiger partial charge in [-0.2, -0.15) is 8.78 Å². The normalized spacial score (nSPS) is 23.2. The number of hydrogen-bond acceptors (Lipinski definition) is 3. The number of para-hydroxylation sites is 1. The highest BCUT2D eigenvalue weighted by Crippen LogP contribution is 2.36. The molecule has 4 nitrogen and oxygen atoms in total. The third-order valence-electron chi connectivity index (χ3n) is 5.37. The maximum atomic E-state index is 12.7. The number of benzene rings is 1. The van der Waals surface area contributed by atoms with E-state index in [1.165, 1.54) is 38.5 Å². The van der Waals surface area contributed by atoms with Crippen molar-refractivity contribution < 1.29 is 23.0 Å². The highest BCUT2D eigenvalue weighted by molar-refractivity contribution is 5.92. The van der Waals surface area contributed by atoms with E-state index in [0.717, 1.165) is 25.8 Å². The van der Waals surface area contributed by atoms with Gasteiger partial charge in [0.15, 0.2) is 11.5 Å². The van der Waals surface area contributed by atoms with Crippen LogP contribution in [0, 0.1) is 5.92 Å². The van der Waals surface area contributed by atoms with E-state index in [9.17, 15) is 13.6 Å². The molecule has 1 saturated heterocycles. The molecule has 2 fully saturated rings. The zero-order chi connectivity index (χ0) is 18.5. The summed E-state index contributed by atoms with van der Waals surface area (Å²) in [5.74, 6) is 0.699. The van der Waals surface area contributed by atoms with Crippen LogP contribution < -0.4 is 9.47 Å². The first kappa shape index (κ1) is 18.7. The fourth-order valence-electron chi connectivity index (χ4n) is 4.20. The van der Waals surface area contributed by atoms with E-state index in [2.05, 4.69) is 4.74 Å². The van der Waals surface area contributed by atoms with E-state index in [-0.39, 0.29) is 17.4 Å². The van der Waals surface area contributed by atoms with Crippen molar-refractivity contribution in [3.05, 3.63) is 29.8 Å². The molecule has 3 rings (SSSR count). The summed E-state index contributed by atoms with van der Waals surface area (Å²) in [7, 11) is 1.39. The van der Waals surface area contributed by atoms with Crippen molar-refractivity contribution in [3.63, 3.8) is 0 Å². The summed E-state index contributed by atoms with van der Waals surface area (Å²) in [5, 5.41) is 0. The molecule has 1 amide bonds. The lowest BCUT2D eigenvalue weighted by molar-refractivity contribution is -0.132. The maximum Gasteiger partial charge on any atom is 0.387 e. The van der Waals surface area contributed by atoms with Crippen LogP contribution in [0.2, 0.25) is 0 Å². The van der Waals surface area contributed by atoms with Gasteiger partial charge < -0.3 is 14.4 Å². The Morgan fingerprint density at radius 3 is 2.77 bits per heavy atom. The standard InChI is InChI=1S/C20H25F2NO3/c1-25-17-10-4-7-15(19(17)26-20(21)22)11-12-18(24)23-13-5-8-14-6-2-3-9-16(14)23/h4,7,10-12,14,16,20H,2-3,5-6,8-9,13H2,1H3/b12-11+. The molecule has 1 aliphatic carbocycles. The van der Waals surface area contributed by atoms with Gasteiger partial charge in [-0.15, -0.1) is 0 Å². The van der Waals surface area contributed by atoms with Crippen molar-refractivity contribution in [2.24, 2.45) is 5.92 Å². The molecule has 1 aliphatic heterocycles. The number of rotatable bonds is 5. The van der Waals surface area contributed by atoms with Gasteiger partial charge in [0.2, 0.25) is 5.91 Å². The van der Waals surface area contributed by atoms with Gasteiger partial charge in [-0.3, -0.25) is 4.79 Å². The van der Waals surface area contributed by atoms with Gasteiger partial charge in [-0.1, -0.05) is 25.0 Å². The average Bonchev–Trinajstić information content (AvgIpc) is 2.66. The Morgan fingerprint density at radius 2 is 2.00 bits per heavy atom. The van der Waals surface area contributed by atoms with Crippen molar-refractivity contribution in [2.45, 2.75) is 51.2 Å². The molecule has 0 N–H and O–H groups in total. The molecule has 1 heterocycles. The number of ether oxygens (including phenoxy) is 2. The van der Waals surface area contributed by atoms with Gasteiger partial charge in [0.05, 0.1) is 7.11 Å². The molecule has 26 heavy (non-hydrogen) atoms. The third-order valence-corrected chi connectivity index (χ3v) is 5.37. The van der Waals surface area contributed by atoms with Gasteiger partial charge in [0.1, 0.15) is 0 Å². The highest BCUT2D eigenvalue weighted by atomic mass is 19.3. The van der Waals surface area contributed by atoms with Crippen LogP contribution in [0.1, 0.15) is 44.1 Å². The molecule has 2 unspecified atom stereocenters. The lowest BCUT2D eigenvalue weighted by Crippen LogP contribution is -2.49. The summed E-state index contributed by atoms with van der Waals surface area (Å²) in [5.41, 5.74) is 0.398. The van der Waals surface area contributed by atoms with E-state index >= 15 is 0 Å². The monoisotopic (exact) mass is 365 g/mol. The number of fused-ring (bicyclic) bond motifs is 1. The lowest BCUT2D eigenvalue weighted by Gasteiger charge is -2.43. The first-order valence-corrected chi connectivity index (χ1v) is 9.20. The van der Waals surface area contributed by atoms with Crippen LogP contribution in [-0.2, 0) is 4.79 Å². The molecule has 0 aromatic heterocycles. The van der Waals surface area contributed by atoms with Crippen molar-refractivity contribution >= 4 is 12.0 Å². The summed E-state index contributed by atoms with van der Waals surface area (Å²) < 4.78 is 35.1. The number of hydrogen-bond donors (Lipinski definition) is 0. The van der Waals surface area contributed by atoms with Crippen molar-refractivity contribution in [1.82, 2.24) is 4.90 Å². The summed E-state index contributed by atoms with van der Waals surface area (Å²) in [4.78, 5) is 14.7. The predicted octanol–water partition coefficient (Wildman–Crippen LogP) is 4.49. The Balaban J connectivity index is 1.77. The van der Waals surface area contributed by atoms with Crippen LogP contribution in [0.4, 0.5) is 8.78 Å². The van der Waals surface area contributed by atoms with Crippen molar-refractivity contribution in [1.29, 1.82) is 0 Å². The molecule has 1 aromatic carbocycles. The number of alkyl halides is 2. The molecular formula is C20H25F2NO3. The number of carbonyl (C=O) groups excluding carboxylic acids is 1. The zero-order valence-corrected chi connectivity index (χ0v) is 15.0. The Hall–Kier alpha value is -2.11. The van der Waals surface area contributed by atoms with Crippen LogP contribution in [-0.4, -0.2) is 37.1 Å². The fraction of sp³-hybridized carbons (Fsp3) is 0.550. The molecular weight excluding hydrogens is 340 g/mol. The van der Waals surface area contributed by atoms with Crippen LogP contribution in [0.15, 0.2) is 24.3 Å². The minimum atomic E-state index is -2.96. The quantitative estimate of drug-likeness (QED) is 0.722. The second kappa shape index (κ2) is 8.52. The number of nitrogens with zero attached hydrogens (tertiary/aromatic N) is 1. The SMILES string of the molecule is COc1cccc(/C=C/C(=O)N2CCCC3CCCCC32)c1OC(F)F. The van der Waals surface area contributed by atoms with Gasteiger partial charge in [-0.25, -0.2) is 0 Å². The van der Waals surface area contributed by atoms with Crippen LogP contribution in [0.5, 0.6) is 11.5 Å². The first-order chi connectivity index (χ1) is 12.6. The predicted molar refractivity (Wildman–Crippen MR) is 95.4 cm³/mol. The second-order valence-electron chi connectivity index (χ2n) is 6.88. The number of methoxy groups -OCH3 is 1. The Labute approximate surface area is 152 Å². The molecule has 1 aromatic rings. The van der Waals surface area contributed by atoms with Crippen LogP contribution >= 0.6 is 0 Å². The zero-order valence-electron chi connectivity index (χ0n) is 15.0. The molecule has 0 spiro atoms. The second-order valence-corrected chi connectivity index (χ2v) is 6.88. The fourth-order valence-corrected chi connectivity index (χ4v) is 4.20. The van der Waals surface area contributed by atoms with Gasteiger partial charge >= 0.3 is 6.61 Å². The average molecular weight is 365 g/mol. The summed E-state index contributed by atoms with van der Waals surface area (Å²) in [6.45, 7) is -2.19. The van der Waals surface area contributed by atoms with Crippen LogP contribution in [0.25, 0.3) is 6.08 Å². The van der Waals surface area contributed by atoms with Gasteiger partial charge in [-0.05, 0) is 43.7 Å². The Kier molecular flexibility index (Phi) is 6.12. The number of carbonyl (C=O) groups is 1. The number of piperidine rings is 1. The molecule has 1 saturated carbocycles. The summed E-state index contributed by atoms with van der Waals surface area (Å²) >= 11 is 0. The van der Waals surface area contributed by atoms with E-state index < -0.39 is 6.61 Å². The van der Waals surface area contributed by atoms with E-state index in [4.69, 9.17) is 4.74 Å². The van der Waals surface area contributed by atoms with E-state index in [1.807, 2.05) is 4.90 Å².